The van der Waals surface area contributed by atoms with Crippen LogP contribution in [0.25, 0.3) is 0 Å². The number of nitrogens with two attached hydrogens (primary N) is 1. The molecule has 1 aromatic rings. The smallest absolute Gasteiger partial charge is 0.238 e. The van der Waals surface area contributed by atoms with Crippen LogP contribution >= 0.6 is 11.8 Å². The van der Waals surface area contributed by atoms with E-state index in [1.54, 1.807) is 18.1 Å². The Morgan fingerprint density at radius 1 is 1.67 bits per heavy atom. The number of hydrogen-bond donors (Lipinski definition) is 2. The molecule has 1 aromatic heterocycles. The Kier molecular flexibility index (Phi) is 5.27. The van der Waals surface area contributed by atoms with Crippen LogP contribution in [-0.2, 0) is 11.8 Å². The number of aryl methyl sites for hydroxylation is 1. The van der Waals surface area contributed by atoms with Gasteiger partial charge in [0.05, 0.1) is 0 Å². The number of rotatable bonds is 7. The van der Waals surface area contributed by atoms with Crippen molar-refractivity contribution in [1.29, 1.82) is 0 Å². The summed E-state index contributed by atoms with van der Waals surface area (Å²) in [4.78, 5) is 12.0. The predicted molar refractivity (Wildman–Crippen MR) is 83.9 cm³/mol. The van der Waals surface area contributed by atoms with Crippen molar-refractivity contribution in [3.8, 4) is 0 Å². The number of hydrogen-bond acceptors (Lipinski definition) is 5. The van der Waals surface area contributed by atoms with Crippen LogP contribution in [0.2, 0.25) is 0 Å². The van der Waals surface area contributed by atoms with Gasteiger partial charge in [-0.05, 0) is 39.0 Å². The minimum absolute atomic E-state index is 0.206. The van der Waals surface area contributed by atoms with Gasteiger partial charge in [-0.3, -0.25) is 4.79 Å². The first-order valence-electron chi connectivity index (χ1n) is 7.50. The average molecular weight is 311 g/mol. The number of carbonyl (C=O) groups is 1. The van der Waals surface area contributed by atoms with Crippen LogP contribution in [0.4, 0.5) is 0 Å². The van der Waals surface area contributed by atoms with Crippen molar-refractivity contribution >= 4 is 17.7 Å². The fourth-order valence-corrected chi connectivity index (χ4v) is 4.21. The second-order valence-corrected chi connectivity index (χ2v) is 7.15. The second kappa shape index (κ2) is 6.79. The molecule has 1 aliphatic rings. The minimum Gasteiger partial charge on any atom is -0.368 e. The van der Waals surface area contributed by atoms with Crippen molar-refractivity contribution in [3.05, 3.63) is 6.33 Å². The van der Waals surface area contributed by atoms with E-state index < -0.39 is 5.54 Å². The van der Waals surface area contributed by atoms with E-state index in [9.17, 15) is 4.79 Å². The topological polar surface area (TPSA) is 85.8 Å². The van der Waals surface area contributed by atoms with E-state index in [4.69, 9.17) is 5.73 Å². The van der Waals surface area contributed by atoms with Gasteiger partial charge in [0.15, 0.2) is 5.16 Å². The van der Waals surface area contributed by atoms with E-state index in [1.807, 2.05) is 11.6 Å². The van der Waals surface area contributed by atoms with E-state index in [0.29, 0.717) is 5.92 Å². The van der Waals surface area contributed by atoms with Gasteiger partial charge in [0.25, 0.3) is 0 Å². The Balaban J connectivity index is 1.97. The van der Waals surface area contributed by atoms with Gasteiger partial charge in [0.1, 0.15) is 11.9 Å². The predicted octanol–water partition coefficient (Wildman–Crippen LogP) is 1.32. The average Bonchev–Trinajstić information content (AvgIpc) is 2.97. The van der Waals surface area contributed by atoms with Crippen LogP contribution in [0.3, 0.4) is 0 Å². The zero-order valence-corrected chi connectivity index (χ0v) is 13.8. The second-order valence-electron chi connectivity index (χ2n) is 6.09. The fraction of sp³-hybridized carbons (Fsp3) is 0.786. The summed E-state index contributed by atoms with van der Waals surface area (Å²) in [5, 5.41) is 12.3. The lowest BCUT2D eigenvalue weighted by Crippen LogP contribution is -2.60. The molecular weight excluding hydrogens is 286 g/mol. The SMILES string of the molecule is CC(C)NC1(C(N)=O)CCCC1CCSc1nncn1C. The maximum Gasteiger partial charge on any atom is 0.238 e. The number of primary amides is 1. The van der Waals surface area contributed by atoms with Gasteiger partial charge in [-0.15, -0.1) is 10.2 Å². The molecule has 118 valence electrons. The highest BCUT2D eigenvalue weighted by Crippen LogP contribution is 2.39. The van der Waals surface area contributed by atoms with Gasteiger partial charge in [0, 0.05) is 18.8 Å². The molecule has 0 aromatic carbocycles. The van der Waals surface area contributed by atoms with E-state index in [1.165, 1.54) is 0 Å². The molecule has 2 rings (SSSR count). The third-order valence-corrected chi connectivity index (χ3v) is 5.24. The molecule has 1 aliphatic carbocycles. The minimum atomic E-state index is -0.533. The Morgan fingerprint density at radius 3 is 3.00 bits per heavy atom. The van der Waals surface area contributed by atoms with Crippen LogP contribution in [-0.4, -0.2) is 38.0 Å². The zero-order valence-electron chi connectivity index (χ0n) is 13.0. The first kappa shape index (κ1) is 16.3. The molecule has 0 saturated heterocycles. The Hall–Kier alpha value is -1.08. The summed E-state index contributed by atoms with van der Waals surface area (Å²) >= 11 is 1.68. The quantitative estimate of drug-likeness (QED) is 0.742. The molecule has 1 heterocycles. The monoisotopic (exact) mass is 311 g/mol. The molecule has 3 N–H and O–H groups in total. The summed E-state index contributed by atoms with van der Waals surface area (Å²) < 4.78 is 1.91. The molecular formula is C14H25N5OS. The Labute approximate surface area is 130 Å². The van der Waals surface area contributed by atoms with E-state index in [2.05, 4.69) is 29.4 Å². The van der Waals surface area contributed by atoms with E-state index >= 15 is 0 Å². The summed E-state index contributed by atoms with van der Waals surface area (Å²) in [6.45, 7) is 4.13. The lowest BCUT2D eigenvalue weighted by Gasteiger charge is -2.35. The number of nitrogens with zero attached hydrogens (tertiary/aromatic N) is 3. The summed E-state index contributed by atoms with van der Waals surface area (Å²) in [5.74, 6) is 1.02. The van der Waals surface area contributed by atoms with Crippen LogP contribution in [0, 0.1) is 5.92 Å². The van der Waals surface area contributed by atoms with Gasteiger partial charge >= 0.3 is 0 Å². The van der Waals surface area contributed by atoms with Crippen molar-refractivity contribution in [2.75, 3.05) is 5.75 Å². The molecule has 2 unspecified atom stereocenters. The molecule has 0 radical (unpaired) electrons. The molecule has 0 spiro atoms. The molecule has 6 nitrogen and oxygen atoms in total. The highest BCUT2D eigenvalue weighted by molar-refractivity contribution is 7.99. The van der Waals surface area contributed by atoms with E-state index in [-0.39, 0.29) is 11.9 Å². The van der Waals surface area contributed by atoms with Gasteiger partial charge in [-0.1, -0.05) is 18.2 Å². The maximum absolute atomic E-state index is 12.0. The number of thioether (sulfide) groups is 1. The summed E-state index contributed by atoms with van der Waals surface area (Å²) in [7, 11) is 1.94. The third-order valence-electron chi connectivity index (χ3n) is 4.17. The number of carbonyl (C=O) groups excluding carboxylic acids is 1. The first-order valence-corrected chi connectivity index (χ1v) is 8.48. The molecule has 0 bridgehead atoms. The molecule has 1 fully saturated rings. The first-order chi connectivity index (χ1) is 9.95. The standard InChI is InChI=1S/C14H25N5OS/c1-10(2)17-14(12(15)20)7-4-5-11(14)6-8-21-13-18-16-9-19(13)3/h9-11,17H,4-8H2,1-3H3,(H2,15,20). The van der Waals surface area contributed by atoms with E-state index in [0.717, 1.165) is 36.6 Å². The fourth-order valence-electron chi connectivity index (χ4n) is 3.26. The number of aromatic nitrogens is 3. The lowest BCUT2D eigenvalue weighted by atomic mass is 9.83. The van der Waals surface area contributed by atoms with Gasteiger partial charge in [-0.2, -0.15) is 0 Å². The summed E-state index contributed by atoms with van der Waals surface area (Å²) in [6.07, 6.45) is 5.62. The van der Waals surface area contributed by atoms with Gasteiger partial charge < -0.3 is 15.6 Å². The normalized spacial score (nSPS) is 25.6. The maximum atomic E-state index is 12.0. The molecule has 1 amide bonds. The van der Waals surface area contributed by atoms with Crippen LogP contribution in [0.1, 0.15) is 39.5 Å². The largest absolute Gasteiger partial charge is 0.368 e. The summed E-state index contributed by atoms with van der Waals surface area (Å²) in [6, 6.07) is 0.254. The lowest BCUT2D eigenvalue weighted by molar-refractivity contribution is -0.126. The third kappa shape index (κ3) is 3.58. The molecule has 2 atom stereocenters. The Morgan fingerprint density at radius 2 is 2.43 bits per heavy atom. The molecule has 7 heteroatoms. The number of nitrogens with one attached hydrogen (secondary N) is 1. The highest BCUT2D eigenvalue weighted by atomic mass is 32.2. The molecule has 21 heavy (non-hydrogen) atoms. The van der Waals surface area contributed by atoms with Crippen molar-refractivity contribution in [1.82, 2.24) is 20.1 Å². The molecule has 1 saturated carbocycles. The summed E-state index contributed by atoms with van der Waals surface area (Å²) in [5.41, 5.74) is 5.19. The highest BCUT2D eigenvalue weighted by Gasteiger charge is 2.47. The Bertz CT molecular complexity index is 489. The molecule has 0 aliphatic heterocycles. The van der Waals surface area contributed by atoms with Crippen LogP contribution in [0.15, 0.2) is 11.5 Å². The van der Waals surface area contributed by atoms with Crippen molar-refractivity contribution in [2.45, 2.75) is 56.3 Å². The van der Waals surface area contributed by atoms with Crippen LogP contribution in [0.5, 0.6) is 0 Å². The van der Waals surface area contributed by atoms with Crippen molar-refractivity contribution in [2.24, 2.45) is 18.7 Å². The van der Waals surface area contributed by atoms with Gasteiger partial charge in [-0.25, -0.2) is 0 Å². The number of amides is 1. The van der Waals surface area contributed by atoms with Crippen molar-refractivity contribution < 1.29 is 4.79 Å². The van der Waals surface area contributed by atoms with Crippen LogP contribution < -0.4 is 11.1 Å². The van der Waals surface area contributed by atoms with Gasteiger partial charge in [0.2, 0.25) is 5.91 Å². The van der Waals surface area contributed by atoms with Crippen molar-refractivity contribution in [3.63, 3.8) is 0 Å². The zero-order chi connectivity index (χ0) is 15.5.